The van der Waals surface area contributed by atoms with E-state index in [-0.39, 0.29) is 6.04 Å². The van der Waals surface area contributed by atoms with Crippen molar-refractivity contribution in [1.29, 1.82) is 0 Å². The van der Waals surface area contributed by atoms with Crippen molar-refractivity contribution in [1.82, 2.24) is 19.9 Å². The molecule has 0 saturated carbocycles. The highest BCUT2D eigenvalue weighted by molar-refractivity contribution is 6.42. The molecule has 0 aliphatic carbocycles. The molecular weight excluding hydrogens is 467 g/mol. The highest BCUT2D eigenvalue weighted by Gasteiger charge is 2.31. The minimum absolute atomic E-state index is 0.136. The molecule has 6 rings (SSSR count). The molecule has 2 aliphatic rings. The standard InChI is InChI=1S/C26H26Cl2N6/c27-19-12-21-22(13-20(19)28)32-26(31-21)23-7-4-9-34(23)25-14-24(29-16-30-25)33-10-8-18(15-33)11-17-5-2-1-3-6-17/h1-3,5-6,12-14,16,18,23H,4,7-11,15H2,(H,31,32)/t18?,23-/m0/s1. The molecule has 0 bridgehead atoms. The van der Waals surface area contributed by atoms with Gasteiger partial charge < -0.3 is 14.8 Å². The molecule has 6 nitrogen and oxygen atoms in total. The fraction of sp³-hybridized carbons (Fsp3) is 0.346. The van der Waals surface area contributed by atoms with E-state index < -0.39 is 0 Å². The molecule has 2 fully saturated rings. The van der Waals surface area contributed by atoms with Gasteiger partial charge in [-0.2, -0.15) is 0 Å². The van der Waals surface area contributed by atoms with E-state index in [1.807, 2.05) is 12.1 Å². The van der Waals surface area contributed by atoms with Crippen molar-refractivity contribution in [2.24, 2.45) is 5.92 Å². The quantitative estimate of drug-likeness (QED) is 0.366. The number of anilines is 2. The van der Waals surface area contributed by atoms with Crippen LogP contribution in [0.4, 0.5) is 11.6 Å². The molecule has 1 N–H and O–H groups in total. The first-order chi connectivity index (χ1) is 16.6. The minimum Gasteiger partial charge on any atom is -0.356 e. The molecule has 2 aromatic heterocycles. The van der Waals surface area contributed by atoms with Crippen LogP contribution in [0.25, 0.3) is 11.0 Å². The maximum absolute atomic E-state index is 6.20. The molecule has 2 aliphatic heterocycles. The lowest BCUT2D eigenvalue weighted by molar-refractivity contribution is 0.586. The molecule has 0 spiro atoms. The number of benzene rings is 2. The van der Waals surface area contributed by atoms with Crippen LogP contribution in [0.5, 0.6) is 0 Å². The normalized spacial score (nSPS) is 20.5. The van der Waals surface area contributed by atoms with Gasteiger partial charge in [0.05, 0.1) is 27.1 Å². The van der Waals surface area contributed by atoms with Crippen LogP contribution in [0, 0.1) is 5.92 Å². The minimum atomic E-state index is 0.136. The van der Waals surface area contributed by atoms with Crippen molar-refractivity contribution in [3.63, 3.8) is 0 Å². The van der Waals surface area contributed by atoms with E-state index in [4.69, 9.17) is 28.2 Å². The van der Waals surface area contributed by atoms with Gasteiger partial charge in [-0.1, -0.05) is 53.5 Å². The molecule has 1 unspecified atom stereocenters. The third-order valence-electron chi connectivity index (χ3n) is 7.02. The largest absolute Gasteiger partial charge is 0.356 e. The van der Waals surface area contributed by atoms with E-state index in [2.05, 4.69) is 61.1 Å². The molecule has 0 radical (unpaired) electrons. The fourth-order valence-corrected chi connectivity index (χ4v) is 5.65. The Kier molecular flexibility index (Phi) is 5.79. The number of aromatic amines is 1. The number of hydrogen-bond acceptors (Lipinski definition) is 5. The summed E-state index contributed by atoms with van der Waals surface area (Å²) in [6.45, 7) is 3.00. The second-order valence-electron chi connectivity index (χ2n) is 9.28. The summed E-state index contributed by atoms with van der Waals surface area (Å²) in [5, 5.41) is 1.05. The van der Waals surface area contributed by atoms with Crippen molar-refractivity contribution in [3.8, 4) is 0 Å². The van der Waals surface area contributed by atoms with Gasteiger partial charge in [-0.3, -0.25) is 0 Å². The highest BCUT2D eigenvalue weighted by Crippen LogP contribution is 2.37. The van der Waals surface area contributed by atoms with Gasteiger partial charge in [0.25, 0.3) is 0 Å². The fourth-order valence-electron chi connectivity index (χ4n) is 5.33. The second kappa shape index (κ2) is 9.08. The SMILES string of the molecule is Clc1cc2nc([C@@H]3CCCN3c3cc(N4CCC(Cc5ccccc5)C4)ncn3)[nH]c2cc1Cl. The van der Waals surface area contributed by atoms with Gasteiger partial charge >= 0.3 is 0 Å². The smallest absolute Gasteiger partial charge is 0.134 e. The number of imidazole rings is 1. The van der Waals surface area contributed by atoms with Crippen LogP contribution in [0.2, 0.25) is 10.0 Å². The Morgan fingerprint density at radius 1 is 0.941 bits per heavy atom. The van der Waals surface area contributed by atoms with Crippen LogP contribution in [-0.2, 0) is 6.42 Å². The van der Waals surface area contributed by atoms with Crippen LogP contribution in [0.1, 0.15) is 36.7 Å². The van der Waals surface area contributed by atoms with Crippen molar-refractivity contribution in [3.05, 3.63) is 76.3 Å². The molecule has 0 amide bonds. The molecule has 2 atom stereocenters. The summed E-state index contributed by atoms with van der Waals surface area (Å²) < 4.78 is 0. The first kappa shape index (κ1) is 21.7. The summed E-state index contributed by atoms with van der Waals surface area (Å²) >= 11 is 12.4. The second-order valence-corrected chi connectivity index (χ2v) is 10.1. The lowest BCUT2D eigenvalue weighted by Crippen LogP contribution is -2.26. The Labute approximate surface area is 208 Å². The maximum Gasteiger partial charge on any atom is 0.134 e. The van der Waals surface area contributed by atoms with Crippen LogP contribution >= 0.6 is 23.2 Å². The Balaban J connectivity index is 1.21. The number of fused-ring (bicyclic) bond motifs is 1. The molecule has 34 heavy (non-hydrogen) atoms. The predicted octanol–water partition coefficient (Wildman–Crippen LogP) is 6.07. The average molecular weight is 493 g/mol. The summed E-state index contributed by atoms with van der Waals surface area (Å²) in [7, 11) is 0. The van der Waals surface area contributed by atoms with Crippen LogP contribution in [0.3, 0.4) is 0 Å². The van der Waals surface area contributed by atoms with E-state index in [1.54, 1.807) is 6.33 Å². The van der Waals surface area contributed by atoms with Crippen molar-refractivity contribution in [2.75, 3.05) is 29.4 Å². The van der Waals surface area contributed by atoms with Crippen LogP contribution in [0.15, 0.2) is 54.9 Å². The van der Waals surface area contributed by atoms with Gasteiger partial charge in [0.2, 0.25) is 0 Å². The van der Waals surface area contributed by atoms with Crippen molar-refractivity contribution in [2.45, 2.75) is 31.7 Å². The van der Waals surface area contributed by atoms with Gasteiger partial charge in [-0.15, -0.1) is 0 Å². The average Bonchev–Trinajstić information content (AvgIpc) is 3.60. The van der Waals surface area contributed by atoms with E-state index in [9.17, 15) is 0 Å². The Morgan fingerprint density at radius 2 is 1.76 bits per heavy atom. The number of aromatic nitrogens is 4. The van der Waals surface area contributed by atoms with E-state index in [1.165, 1.54) is 12.0 Å². The first-order valence-electron chi connectivity index (χ1n) is 11.9. The van der Waals surface area contributed by atoms with Gasteiger partial charge in [0, 0.05) is 25.7 Å². The monoisotopic (exact) mass is 492 g/mol. The lowest BCUT2D eigenvalue weighted by atomic mass is 9.99. The summed E-state index contributed by atoms with van der Waals surface area (Å²) in [4.78, 5) is 22.3. The first-order valence-corrected chi connectivity index (χ1v) is 12.6. The zero-order valence-electron chi connectivity index (χ0n) is 18.8. The van der Waals surface area contributed by atoms with Gasteiger partial charge in [-0.05, 0) is 49.3 Å². The zero-order chi connectivity index (χ0) is 23.1. The summed E-state index contributed by atoms with van der Waals surface area (Å²) in [5.41, 5.74) is 3.15. The van der Waals surface area contributed by atoms with Crippen LogP contribution in [-0.4, -0.2) is 39.6 Å². The summed E-state index contributed by atoms with van der Waals surface area (Å²) in [6, 6.07) is 16.7. The van der Waals surface area contributed by atoms with Gasteiger partial charge in [0.1, 0.15) is 23.8 Å². The highest BCUT2D eigenvalue weighted by atomic mass is 35.5. The number of H-pyrrole nitrogens is 1. The number of hydrogen-bond donors (Lipinski definition) is 1. The van der Waals surface area contributed by atoms with Crippen molar-refractivity contribution < 1.29 is 0 Å². The number of nitrogens with one attached hydrogen (secondary N) is 1. The van der Waals surface area contributed by atoms with E-state index in [0.29, 0.717) is 16.0 Å². The van der Waals surface area contributed by atoms with E-state index >= 15 is 0 Å². The van der Waals surface area contributed by atoms with Gasteiger partial charge in [0.15, 0.2) is 0 Å². The molecule has 174 valence electrons. The molecule has 2 saturated heterocycles. The topological polar surface area (TPSA) is 60.9 Å². The molecule has 8 heteroatoms. The lowest BCUT2D eigenvalue weighted by Gasteiger charge is -2.25. The molecule has 4 aromatic rings. The maximum atomic E-state index is 6.20. The molecule has 2 aromatic carbocycles. The molecular formula is C26H26Cl2N6. The Hall–Kier alpha value is -2.83. The van der Waals surface area contributed by atoms with Gasteiger partial charge in [-0.25, -0.2) is 15.0 Å². The zero-order valence-corrected chi connectivity index (χ0v) is 20.3. The number of halogens is 2. The van der Waals surface area contributed by atoms with Crippen molar-refractivity contribution >= 4 is 45.9 Å². The Morgan fingerprint density at radius 3 is 2.65 bits per heavy atom. The van der Waals surface area contributed by atoms with Crippen LogP contribution < -0.4 is 9.80 Å². The third-order valence-corrected chi connectivity index (χ3v) is 7.74. The third kappa shape index (κ3) is 4.21. The van der Waals surface area contributed by atoms with E-state index in [0.717, 1.165) is 67.4 Å². The predicted molar refractivity (Wildman–Crippen MR) is 138 cm³/mol. The summed E-state index contributed by atoms with van der Waals surface area (Å²) in [6.07, 6.45) is 6.10. The summed E-state index contributed by atoms with van der Waals surface area (Å²) in [5.74, 6) is 3.54. The molecule has 4 heterocycles. The Bertz CT molecular complexity index is 1270. The number of nitrogens with zero attached hydrogens (tertiary/aromatic N) is 5. The number of rotatable bonds is 5.